The van der Waals surface area contributed by atoms with E-state index in [-0.39, 0.29) is 17.7 Å². The van der Waals surface area contributed by atoms with Crippen LogP contribution in [0.5, 0.6) is 0 Å². The molecule has 1 heterocycles. The first-order chi connectivity index (χ1) is 11.9. The number of benzene rings is 1. The molecule has 0 spiro atoms. The monoisotopic (exact) mass is 339 g/mol. The maximum absolute atomic E-state index is 12.6. The van der Waals surface area contributed by atoms with Crippen LogP contribution in [0.15, 0.2) is 42.6 Å². The Morgan fingerprint density at radius 3 is 2.48 bits per heavy atom. The lowest BCUT2D eigenvalue weighted by atomic mass is 10.0. The van der Waals surface area contributed by atoms with Crippen LogP contribution in [0, 0.1) is 19.8 Å². The van der Waals surface area contributed by atoms with Crippen molar-refractivity contribution < 1.29 is 9.59 Å². The number of carbonyl (C=O) groups excluding carboxylic acids is 2. The third kappa shape index (κ3) is 5.41. The number of nitrogens with one attached hydrogen (secondary N) is 2. The Hall–Kier alpha value is -2.69. The third-order valence-electron chi connectivity index (χ3n) is 3.89. The quantitative estimate of drug-likeness (QED) is 0.846. The van der Waals surface area contributed by atoms with E-state index < -0.39 is 6.04 Å². The number of aromatic nitrogens is 1. The summed E-state index contributed by atoms with van der Waals surface area (Å²) < 4.78 is 0. The van der Waals surface area contributed by atoms with Gasteiger partial charge in [0, 0.05) is 11.8 Å². The number of amides is 2. The normalized spacial score (nSPS) is 11.9. The molecule has 0 aliphatic rings. The minimum absolute atomic E-state index is 0.240. The molecule has 0 saturated carbocycles. The minimum atomic E-state index is -0.616. The van der Waals surface area contributed by atoms with Gasteiger partial charge in [-0.2, -0.15) is 0 Å². The van der Waals surface area contributed by atoms with Crippen LogP contribution in [-0.4, -0.2) is 22.8 Å². The number of hydrogen-bond acceptors (Lipinski definition) is 3. The summed E-state index contributed by atoms with van der Waals surface area (Å²) >= 11 is 0. The van der Waals surface area contributed by atoms with Gasteiger partial charge in [0.25, 0.3) is 5.91 Å². The van der Waals surface area contributed by atoms with Crippen molar-refractivity contribution in [3.8, 4) is 0 Å². The Balaban J connectivity index is 2.13. The van der Waals surface area contributed by atoms with E-state index in [1.54, 1.807) is 18.3 Å². The van der Waals surface area contributed by atoms with E-state index in [1.165, 1.54) is 0 Å². The summed E-state index contributed by atoms with van der Waals surface area (Å²) in [5.41, 5.74) is 2.47. The van der Waals surface area contributed by atoms with E-state index in [9.17, 15) is 9.59 Å². The van der Waals surface area contributed by atoms with Gasteiger partial charge in [0.05, 0.1) is 0 Å². The highest BCUT2D eigenvalue weighted by Gasteiger charge is 2.23. The van der Waals surface area contributed by atoms with Crippen molar-refractivity contribution in [2.45, 2.75) is 40.2 Å². The molecule has 5 heteroatoms. The zero-order valence-electron chi connectivity index (χ0n) is 15.2. The smallest absolute Gasteiger partial charge is 0.252 e. The summed E-state index contributed by atoms with van der Waals surface area (Å²) in [4.78, 5) is 29.4. The van der Waals surface area contributed by atoms with Gasteiger partial charge in [-0.25, -0.2) is 4.98 Å². The van der Waals surface area contributed by atoms with Crippen LogP contribution in [0.25, 0.3) is 0 Å². The van der Waals surface area contributed by atoms with Gasteiger partial charge < -0.3 is 10.6 Å². The summed E-state index contributed by atoms with van der Waals surface area (Å²) in [6.45, 7) is 7.85. The van der Waals surface area contributed by atoms with Crippen LogP contribution in [0.4, 0.5) is 5.82 Å². The highest BCUT2D eigenvalue weighted by molar-refractivity contribution is 6.01. The third-order valence-corrected chi connectivity index (χ3v) is 3.89. The van der Waals surface area contributed by atoms with Gasteiger partial charge >= 0.3 is 0 Å². The van der Waals surface area contributed by atoms with Crippen LogP contribution in [-0.2, 0) is 4.79 Å². The van der Waals surface area contributed by atoms with Crippen molar-refractivity contribution in [2.24, 2.45) is 5.92 Å². The Labute approximate surface area is 148 Å². The molecule has 0 aliphatic carbocycles. The summed E-state index contributed by atoms with van der Waals surface area (Å²) in [6.07, 6.45) is 2.20. The van der Waals surface area contributed by atoms with Crippen LogP contribution >= 0.6 is 0 Å². The molecule has 0 aliphatic heterocycles. The predicted octanol–water partition coefficient (Wildman–Crippen LogP) is 3.48. The second-order valence-corrected chi connectivity index (χ2v) is 6.68. The average Bonchev–Trinajstić information content (AvgIpc) is 2.54. The zero-order chi connectivity index (χ0) is 18.4. The molecule has 1 aromatic carbocycles. The molecular weight excluding hydrogens is 314 g/mol. The van der Waals surface area contributed by atoms with Crippen molar-refractivity contribution in [3.63, 3.8) is 0 Å². The molecule has 0 saturated heterocycles. The fourth-order valence-corrected chi connectivity index (χ4v) is 2.58. The number of carbonyl (C=O) groups is 2. The first-order valence-corrected chi connectivity index (χ1v) is 8.47. The van der Waals surface area contributed by atoms with Crippen LogP contribution in [0.3, 0.4) is 0 Å². The number of nitrogens with zero attached hydrogens (tertiary/aromatic N) is 1. The summed E-state index contributed by atoms with van der Waals surface area (Å²) in [6, 6.07) is 10.4. The summed E-state index contributed by atoms with van der Waals surface area (Å²) in [5, 5.41) is 5.66. The second kappa shape index (κ2) is 8.42. The lowest BCUT2D eigenvalue weighted by Crippen LogP contribution is -2.44. The topological polar surface area (TPSA) is 71.1 Å². The molecule has 0 unspecified atom stereocenters. The lowest BCUT2D eigenvalue weighted by molar-refractivity contribution is -0.118. The molecular formula is C20H25N3O2. The molecule has 2 N–H and O–H groups in total. The fourth-order valence-electron chi connectivity index (χ4n) is 2.58. The largest absolute Gasteiger partial charge is 0.340 e. The Morgan fingerprint density at radius 1 is 1.12 bits per heavy atom. The van der Waals surface area contributed by atoms with Crippen LogP contribution < -0.4 is 10.6 Å². The molecule has 0 fully saturated rings. The zero-order valence-corrected chi connectivity index (χ0v) is 15.2. The molecule has 0 bridgehead atoms. The number of rotatable bonds is 6. The van der Waals surface area contributed by atoms with Crippen molar-refractivity contribution in [1.29, 1.82) is 0 Å². The molecule has 5 nitrogen and oxygen atoms in total. The van der Waals surface area contributed by atoms with E-state index in [2.05, 4.69) is 15.6 Å². The van der Waals surface area contributed by atoms with E-state index in [4.69, 9.17) is 0 Å². The standard InChI is InChI=1S/C20H25N3O2/c1-13(2)11-17(20(25)23-18-12-14(3)9-10-21-18)22-19(24)16-8-6-5-7-15(16)4/h5-10,12-13,17H,11H2,1-4H3,(H,22,24)(H,21,23,25)/t17-/m0/s1. The molecule has 1 atom stereocenters. The first kappa shape index (κ1) is 18.6. The van der Waals surface area contributed by atoms with Crippen molar-refractivity contribution >= 4 is 17.6 Å². The van der Waals surface area contributed by atoms with E-state index in [0.29, 0.717) is 17.8 Å². The van der Waals surface area contributed by atoms with Crippen LogP contribution in [0.1, 0.15) is 41.8 Å². The average molecular weight is 339 g/mol. The molecule has 2 amide bonds. The number of aryl methyl sites for hydroxylation is 2. The van der Waals surface area contributed by atoms with Gasteiger partial charge in [-0.3, -0.25) is 9.59 Å². The Bertz CT molecular complexity index is 756. The number of pyridine rings is 1. The van der Waals surface area contributed by atoms with E-state index in [0.717, 1.165) is 11.1 Å². The van der Waals surface area contributed by atoms with Crippen LogP contribution in [0.2, 0.25) is 0 Å². The van der Waals surface area contributed by atoms with Gasteiger partial charge in [-0.15, -0.1) is 0 Å². The summed E-state index contributed by atoms with van der Waals surface area (Å²) in [5.74, 6) is 0.257. The second-order valence-electron chi connectivity index (χ2n) is 6.68. The molecule has 0 radical (unpaired) electrons. The van der Waals surface area contributed by atoms with Gasteiger partial charge in [0.1, 0.15) is 11.9 Å². The molecule has 132 valence electrons. The maximum Gasteiger partial charge on any atom is 0.252 e. The minimum Gasteiger partial charge on any atom is -0.340 e. The van der Waals surface area contributed by atoms with Gasteiger partial charge in [-0.05, 0) is 55.5 Å². The highest BCUT2D eigenvalue weighted by atomic mass is 16.2. The van der Waals surface area contributed by atoms with Crippen molar-refractivity contribution in [1.82, 2.24) is 10.3 Å². The van der Waals surface area contributed by atoms with E-state index >= 15 is 0 Å². The van der Waals surface area contributed by atoms with Gasteiger partial charge in [-0.1, -0.05) is 32.0 Å². The van der Waals surface area contributed by atoms with Crippen molar-refractivity contribution in [3.05, 3.63) is 59.3 Å². The Kier molecular flexibility index (Phi) is 6.28. The van der Waals surface area contributed by atoms with Gasteiger partial charge in [0.15, 0.2) is 0 Å². The SMILES string of the molecule is Cc1ccnc(NC(=O)[C@H](CC(C)C)NC(=O)c2ccccc2C)c1. The predicted molar refractivity (Wildman–Crippen MR) is 99.5 cm³/mol. The number of hydrogen-bond donors (Lipinski definition) is 2. The first-order valence-electron chi connectivity index (χ1n) is 8.47. The lowest BCUT2D eigenvalue weighted by Gasteiger charge is -2.20. The molecule has 2 rings (SSSR count). The number of anilines is 1. The summed E-state index contributed by atoms with van der Waals surface area (Å²) in [7, 11) is 0. The maximum atomic E-state index is 12.6. The Morgan fingerprint density at radius 2 is 1.84 bits per heavy atom. The molecule has 1 aromatic heterocycles. The highest BCUT2D eigenvalue weighted by Crippen LogP contribution is 2.12. The molecule has 25 heavy (non-hydrogen) atoms. The van der Waals surface area contributed by atoms with Gasteiger partial charge in [0.2, 0.25) is 5.91 Å². The molecule has 2 aromatic rings. The van der Waals surface area contributed by atoms with E-state index in [1.807, 2.05) is 52.0 Å². The van der Waals surface area contributed by atoms with Crippen molar-refractivity contribution in [2.75, 3.05) is 5.32 Å². The fraction of sp³-hybridized carbons (Fsp3) is 0.350.